The van der Waals surface area contributed by atoms with Gasteiger partial charge in [0.2, 0.25) is 0 Å². The van der Waals surface area contributed by atoms with Gasteiger partial charge in [0.1, 0.15) is 11.6 Å². The van der Waals surface area contributed by atoms with Crippen molar-refractivity contribution in [1.29, 1.82) is 0 Å². The first-order chi connectivity index (χ1) is 14.2. The lowest BCUT2D eigenvalue weighted by Crippen LogP contribution is -2.20. The van der Waals surface area contributed by atoms with Gasteiger partial charge in [-0.25, -0.2) is 9.97 Å². The van der Waals surface area contributed by atoms with Crippen molar-refractivity contribution in [1.82, 2.24) is 24.8 Å². The molecule has 1 aliphatic heterocycles. The smallest absolute Gasteiger partial charge is 0.138 e. The number of fused-ring (bicyclic) bond motifs is 1. The number of hydrogen-bond donors (Lipinski definition) is 2. The Morgan fingerprint density at radius 1 is 0.966 bits per heavy atom. The SMILES string of the molecule is Cc1ccc(-c2ccc(-c3nc4c([nH]3)C=CN(Cc3ncc[nH]3)C4)cc2)cc1C. The average molecular weight is 381 g/mol. The molecule has 3 heterocycles. The molecule has 0 unspecified atom stereocenters. The van der Waals surface area contributed by atoms with Crippen LogP contribution in [0.3, 0.4) is 0 Å². The molecule has 29 heavy (non-hydrogen) atoms. The molecule has 5 rings (SSSR count). The van der Waals surface area contributed by atoms with Crippen LogP contribution >= 0.6 is 0 Å². The summed E-state index contributed by atoms with van der Waals surface area (Å²) in [6, 6.07) is 15.2. The van der Waals surface area contributed by atoms with Crippen LogP contribution in [0.4, 0.5) is 0 Å². The van der Waals surface area contributed by atoms with Gasteiger partial charge in [-0.3, -0.25) is 0 Å². The number of aryl methyl sites for hydroxylation is 2. The van der Waals surface area contributed by atoms with Gasteiger partial charge in [-0.05, 0) is 42.2 Å². The van der Waals surface area contributed by atoms with Crippen molar-refractivity contribution >= 4 is 6.08 Å². The van der Waals surface area contributed by atoms with Crippen molar-refractivity contribution in [3.8, 4) is 22.5 Å². The summed E-state index contributed by atoms with van der Waals surface area (Å²) in [6.45, 7) is 5.81. The number of aromatic amines is 2. The number of hydrogen-bond acceptors (Lipinski definition) is 3. The van der Waals surface area contributed by atoms with Crippen molar-refractivity contribution < 1.29 is 0 Å². The Morgan fingerprint density at radius 3 is 2.52 bits per heavy atom. The second kappa shape index (κ2) is 7.09. The third-order valence-corrected chi connectivity index (χ3v) is 5.52. The molecule has 0 aliphatic carbocycles. The molecule has 2 aromatic carbocycles. The van der Waals surface area contributed by atoms with Crippen molar-refractivity contribution in [2.75, 3.05) is 0 Å². The number of benzene rings is 2. The summed E-state index contributed by atoms with van der Waals surface area (Å²) < 4.78 is 0. The minimum absolute atomic E-state index is 0.746. The summed E-state index contributed by atoms with van der Waals surface area (Å²) in [5.74, 6) is 1.86. The van der Waals surface area contributed by atoms with E-state index < -0.39 is 0 Å². The van der Waals surface area contributed by atoms with E-state index in [1.165, 1.54) is 22.3 Å². The number of nitrogens with zero attached hydrogens (tertiary/aromatic N) is 3. The van der Waals surface area contributed by atoms with Gasteiger partial charge in [0, 0.05) is 24.2 Å². The van der Waals surface area contributed by atoms with Crippen molar-refractivity contribution in [3.63, 3.8) is 0 Å². The molecular weight excluding hydrogens is 358 g/mol. The van der Waals surface area contributed by atoms with Crippen LogP contribution in [0.1, 0.15) is 28.3 Å². The molecule has 0 amide bonds. The van der Waals surface area contributed by atoms with Gasteiger partial charge in [-0.2, -0.15) is 0 Å². The first-order valence-electron chi connectivity index (χ1n) is 9.83. The van der Waals surface area contributed by atoms with E-state index in [9.17, 15) is 0 Å². The maximum absolute atomic E-state index is 4.85. The van der Waals surface area contributed by atoms with Gasteiger partial charge in [-0.15, -0.1) is 0 Å². The minimum atomic E-state index is 0.746. The van der Waals surface area contributed by atoms with E-state index >= 15 is 0 Å². The van der Waals surface area contributed by atoms with Gasteiger partial charge < -0.3 is 14.9 Å². The molecule has 4 aromatic rings. The second-order valence-corrected chi connectivity index (χ2v) is 7.58. The summed E-state index contributed by atoms with van der Waals surface area (Å²) in [5.41, 5.74) is 8.34. The molecule has 5 heteroatoms. The van der Waals surface area contributed by atoms with E-state index in [0.717, 1.165) is 41.7 Å². The Kier molecular flexibility index (Phi) is 4.28. The zero-order valence-corrected chi connectivity index (χ0v) is 16.6. The van der Waals surface area contributed by atoms with E-state index in [1.807, 2.05) is 6.20 Å². The molecule has 0 fully saturated rings. The highest BCUT2D eigenvalue weighted by molar-refractivity contribution is 5.69. The Bertz CT molecular complexity index is 1170. The fraction of sp³-hybridized carbons (Fsp3) is 0.167. The summed E-state index contributed by atoms with van der Waals surface area (Å²) in [4.78, 5) is 18.0. The summed E-state index contributed by atoms with van der Waals surface area (Å²) in [7, 11) is 0. The van der Waals surface area contributed by atoms with Crippen molar-refractivity contribution in [2.24, 2.45) is 0 Å². The van der Waals surface area contributed by atoms with Gasteiger partial charge in [0.25, 0.3) is 0 Å². The van der Waals surface area contributed by atoms with Crippen molar-refractivity contribution in [2.45, 2.75) is 26.9 Å². The molecule has 2 aromatic heterocycles. The predicted molar refractivity (Wildman–Crippen MR) is 116 cm³/mol. The average Bonchev–Trinajstić information content (AvgIpc) is 3.40. The summed E-state index contributed by atoms with van der Waals surface area (Å²) in [5, 5.41) is 0. The lowest BCUT2D eigenvalue weighted by Gasteiger charge is -2.21. The van der Waals surface area contributed by atoms with Crippen molar-refractivity contribution in [3.05, 3.63) is 89.4 Å². The Hall–Kier alpha value is -3.60. The zero-order valence-electron chi connectivity index (χ0n) is 16.6. The maximum Gasteiger partial charge on any atom is 0.138 e. The molecule has 144 valence electrons. The third kappa shape index (κ3) is 3.47. The largest absolute Gasteiger partial charge is 0.364 e. The highest BCUT2D eigenvalue weighted by Crippen LogP contribution is 2.27. The van der Waals surface area contributed by atoms with Crippen LogP contribution in [0, 0.1) is 13.8 Å². The van der Waals surface area contributed by atoms with E-state index in [1.54, 1.807) is 6.20 Å². The van der Waals surface area contributed by atoms with Gasteiger partial charge in [0.05, 0.1) is 24.5 Å². The molecule has 0 saturated carbocycles. The summed E-state index contributed by atoms with van der Waals surface area (Å²) >= 11 is 0. The Morgan fingerprint density at radius 2 is 1.76 bits per heavy atom. The minimum Gasteiger partial charge on any atom is -0.364 e. The number of aromatic nitrogens is 4. The van der Waals surface area contributed by atoms with Gasteiger partial charge in [-0.1, -0.05) is 42.5 Å². The molecular formula is C24H23N5. The normalized spacial score (nSPS) is 13.0. The van der Waals surface area contributed by atoms with E-state index in [2.05, 4.69) is 88.4 Å². The highest BCUT2D eigenvalue weighted by Gasteiger charge is 2.17. The molecule has 0 spiro atoms. The Labute approximate surface area is 170 Å². The fourth-order valence-electron chi connectivity index (χ4n) is 3.67. The maximum atomic E-state index is 4.85. The first-order valence-corrected chi connectivity index (χ1v) is 9.83. The van der Waals surface area contributed by atoms with Crippen LogP contribution in [0.2, 0.25) is 0 Å². The monoisotopic (exact) mass is 381 g/mol. The number of rotatable bonds is 4. The molecule has 0 atom stereocenters. The second-order valence-electron chi connectivity index (χ2n) is 7.58. The molecule has 0 saturated heterocycles. The van der Waals surface area contributed by atoms with Crippen LogP contribution < -0.4 is 0 Å². The highest BCUT2D eigenvalue weighted by atomic mass is 15.2. The quantitative estimate of drug-likeness (QED) is 0.519. The lowest BCUT2D eigenvalue weighted by atomic mass is 9.99. The van der Waals surface area contributed by atoms with Crippen LogP contribution in [-0.2, 0) is 13.1 Å². The molecule has 0 bridgehead atoms. The van der Waals surface area contributed by atoms with Gasteiger partial charge in [0.15, 0.2) is 0 Å². The summed E-state index contributed by atoms with van der Waals surface area (Å²) in [6.07, 6.45) is 7.81. The van der Waals surface area contributed by atoms with Crippen LogP contribution in [-0.4, -0.2) is 24.8 Å². The molecule has 1 aliphatic rings. The van der Waals surface area contributed by atoms with Crippen LogP contribution in [0.25, 0.3) is 28.6 Å². The Balaban J connectivity index is 1.35. The number of nitrogens with one attached hydrogen (secondary N) is 2. The molecule has 5 nitrogen and oxygen atoms in total. The zero-order chi connectivity index (χ0) is 19.8. The first kappa shape index (κ1) is 17.5. The standard InChI is InChI=1S/C24H23N5/c1-16-3-4-20(13-17(16)2)18-5-7-19(8-6-18)24-27-21-9-12-29(14-22(21)28-24)15-23-25-10-11-26-23/h3-13H,14-15H2,1-2H3,(H,25,26)(H,27,28). The van der Waals surface area contributed by atoms with Crippen LogP contribution in [0.15, 0.2) is 61.1 Å². The molecule has 2 N–H and O–H groups in total. The van der Waals surface area contributed by atoms with E-state index in [4.69, 9.17) is 4.98 Å². The number of H-pyrrole nitrogens is 2. The van der Waals surface area contributed by atoms with Crippen LogP contribution in [0.5, 0.6) is 0 Å². The van der Waals surface area contributed by atoms with E-state index in [-0.39, 0.29) is 0 Å². The predicted octanol–water partition coefficient (Wildman–Crippen LogP) is 5.07. The van der Waals surface area contributed by atoms with E-state index in [0.29, 0.717) is 0 Å². The van der Waals surface area contributed by atoms with Gasteiger partial charge >= 0.3 is 0 Å². The number of imidazole rings is 2. The fourth-order valence-corrected chi connectivity index (χ4v) is 3.67. The lowest BCUT2D eigenvalue weighted by molar-refractivity contribution is 0.347. The topological polar surface area (TPSA) is 60.6 Å². The molecule has 0 radical (unpaired) electrons. The third-order valence-electron chi connectivity index (χ3n) is 5.52.